The Hall–Kier alpha value is -1.52. The summed E-state index contributed by atoms with van der Waals surface area (Å²) in [5.41, 5.74) is 0.917. The topological polar surface area (TPSA) is 46.0 Å². The van der Waals surface area contributed by atoms with Gasteiger partial charge in [0.05, 0.1) is 11.1 Å². The zero-order chi connectivity index (χ0) is 12.3. The number of hydrogen-bond acceptors (Lipinski definition) is 3. The lowest BCUT2D eigenvalue weighted by Crippen LogP contribution is -2.04. The molecule has 0 amide bonds. The van der Waals surface area contributed by atoms with Gasteiger partial charge in [-0.25, -0.2) is 14.4 Å². The van der Waals surface area contributed by atoms with Gasteiger partial charge in [0.15, 0.2) is 0 Å². The molecule has 0 spiro atoms. The van der Waals surface area contributed by atoms with Crippen molar-refractivity contribution < 1.29 is 9.50 Å². The Labute approximate surface area is 103 Å². The average molecular weight is 253 g/mol. The van der Waals surface area contributed by atoms with Gasteiger partial charge in [0.25, 0.3) is 0 Å². The van der Waals surface area contributed by atoms with Gasteiger partial charge in [0, 0.05) is 24.4 Å². The highest BCUT2D eigenvalue weighted by Gasteiger charge is 2.13. The molecule has 3 nitrogen and oxygen atoms in total. The summed E-state index contributed by atoms with van der Waals surface area (Å²) >= 11 is 5.66. The molecule has 88 valence electrons. The van der Waals surface area contributed by atoms with Crippen molar-refractivity contribution in [1.82, 2.24) is 9.97 Å². The second-order valence-electron chi connectivity index (χ2n) is 3.60. The molecule has 17 heavy (non-hydrogen) atoms. The van der Waals surface area contributed by atoms with E-state index in [0.29, 0.717) is 11.1 Å². The highest BCUT2D eigenvalue weighted by molar-refractivity contribution is 6.30. The van der Waals surface area contributed by atoms with E-state index in [1.54, 1.807) is 12.1 Å². The summed E-state index contributed by atoms with van der Waals surface area (Å²) in [6, 6.07) is 4.71. The fourth-order valence-corrected chi connectivity index (χ4v) is 1.71. The van der Waals surface area contributed by atoms with E-state index < -0.39 is 11.9 Å². The van der Waals surface area contributed by atoms with Gasteiger partial charge in [0.1, 0.15) is 12.1 Å². The molecule has 0 aliphatic rings. The van der Waals surface area contributed by atoms with Gasteiger partial charge in [-0.1, -0.05) is 23.7 Å². The molecule has 0 bridgehead atoms. The predicted molar refractivity (Wildman–Crippen MR) is 62.1 cm³/mol. The summed E-state index contributed by atoms with van der Waals surface area (Å²) in [7, 11) is 0. The van der Waals surface area contributed by atoms with Crippen LogP contribution in [0.5, 0.6) is 0 Å². The molecule has 0 saturated heterocycles. The molecule has 1 heterocycles. The molecular formula is C12H10ClFN2O. The van der Waals surface area contributed by atoms with Gasteiger partial charge >= 0.3 is 0 Å². The van der Waals surface area contributed by atoms with Crippen molar-refractivity contribution in [2.45, 2.75) is 12.5 Å². The Kier molecular flexibility index (Phi) is 3.66. The summed E-state index contributed by atoms with van der Waals surface area (Å²) in [5, 5.41) is 9.95. The van der Waals surface area contributed by atoms with E-state index in [1.165, 1.54) is 24.8 Å². The fourth-order valence-electron chi connectivity index (χ4n) is 1.51. The van der Waals surface area contributed by atoms with Crippen molar-refractivity contribution in [3.8, 4) is 0 Å². The molecule has 2 aromatic rings. The zero-order valence-electron chi connectivity index (χ0n) is 8.85. The van der Waals surface area contributed by atoms with E-state index in [9.17, 15) is 9.50 Å². The number of aromatic nitrogens is 2. The molecule has 2 rings (SSSR count). The number of rotatable bonds is 3. The molecule has 0 radical (unpaired) electrons. The van der Waals surface area contributed by atoms with Crippen molar-refractivity contribution in [2.24, 2.45) is 0 Å². The van der Waals surface area contributed by atoms with Crippen LogP contribution in [0.3, 0.4) is 0 Å². The highest BCUT2D eigenvalue weighted by atomic mass is 35.5. The molecule has 1 unspecified atom stereocenters. The van der Waals surface area contributed by atoms with Crippen LogP contribution >= 0.6 is 11.6 Å². The zero-order valence-corrected chi connectivity index (χ0v) is 9.60. The SMILES string of the molecule is OC(Cc1cccc(Cl)c1F)c1cncnc1. The van der Waals surface area contributed by atoms with Crippen LogP contribution in [0.4, 0.5) is 4.39 Å². The van der Waals surface area contributed by atoms with Crippen LogP contribution in [-0.4, -0.2) is 15.1 Å². The van der Waals surface area contributed by atoms with Gasteiger partial charge in [-0.2, -0.15) is 0 Å². The van der Waals surface area contributed by atoms with Crippen LogP contribution in [-0.2, 0) is 6.42 Å². The maximum atomic E-state index is 13.6. The van der Waals surface area contributed by atoms with Gasteiger partial charge < -0.3 is 5.11 Å². The Morgan fingerprint density at radius 3 is 2.71 bits per heavy atom. The van der Waals surface area contributed by atoms with Gasteiger partial charge in [-0.3, -0.25) is 0 Å². The van der Waals surface area contributed by atoms with Crippen molar-refractivity contribution in [2.75, 3.05) is 0 Å². The maximum Gasteiger partial charge on any atom is 0.145 e. The van der Waals surface area contributed by atoms with Crippen LogP contribution in [0.2, 0.25) is 5.02 Å². The Bertz CT molecular complexity index is 507. The van der Waals surface area contributed by atoms with E-state index in [1.807, 2.05) is 0 Å². The molecule has 5 heteroatoms. The molecular weight excluding hydrogens is 243 g/mol. The number of hydrogen-bond donors (Lipinski definition) is 1. The van der Waals surface area contributed by atoms with Gasteiger partial charge in [-0.05, 0) is 11.6 Å². The molecule has 1 aromatic heterocycles. The van der Waals surface area contributed by atoms with Crippen LogP contribution in [0.15, 0.2) is 36.9 Å². The third-order valence-corrected chi connectivity index (χ3v) is 2.70. The van der Waals surface area contributed by atoms with Gasteiger partial charge in [0.2, 0.25) is 0 Å². The predicted octanol–water partition coefficient (Wildman–Crippen LogP) is 2.55. The van der Waals surface area contributed by atoms with E-state index in [-0.39, 0.29) is 11.4 Å². The summed E-state index contributed by atoms with van der Waals surface area (Å²) in [6.07, 6.45) is 3.67. The lowest BCUT2D eigenvalue weighted by molar-refractivity contribution is 0.176. The summed E-state index contributed by atoms with van der Waals surface area (Å²) in [4.78, 5) is 7.59. The lowest BCUT2D eigenvalue weighted by Gasteiger charge is -2.11. The monoisotopic (exact) mass is 252 g/mol. The minimum atomic E-state index is -0.843. The minimum absolute atomic E-state index is 0.0546. The maximum absolute atomic E-state index is 13.6. The quantitative estimate of drug-likeness (QED) is 0.913. The first-order chi connectivity index (χ1) is 8.18. The minimum Gasteiger partial charge on any atom is -0.388 e. The average Bonchev–Trinajstić information content (AvgIpc) is 2.36. The largest absolute Gasteiger partial charge is 0.388 e. The second kappa shape index (κ2) is 5.21. The van der Waals surface area contributed by atoms with Crippen molar-refractivity contribution >= 4 is 11.6 Å². The summed E-state index contributed by atoms with van der Waals surface area (Å²) in [6.45, 7) is 0. The standard InChI is InChI=1S/C12H10ClFN2O/c13-10-3-1-2-8(12(10)14)4-11(17)9-5-15-7-16-6-9/h1-3,5-7,11,17H,4H2. The Morgan fingerprint density at radius 2 is 2.00 bits per heavy atom. The highest BCUT2D eigenvalue weighted by Crippen LogP contribution is 2.23. The van der Waals surface area contributed by atoms with E-state index in [2.05, 4.69) is 9.97 Å². The third-order valence-electron chi connectivity index (χ3n) is 2.41. The van der Waals surface area contributed by atoms with E-state index >= 15 is 0 Å². The normalized spacial score (nSPS) is 12.4. The molecule has 1 N–H and O–H groups in total. The first kappa shape index (κ1) is 12.0. The van der Waals surface area contributed by atoms with Crippen LogP contribution < -0.4 is 0 Å². The number of halogens is 2. The third kappa shape index (κ3) is 2.78. The first-order valence-corrected chi connectivity index (χ1v) is 5.42. The van der Waals surface area contributed by atoms with Gasteiger partial charge in [-0.15, -0.1) is 0 Å². The molecule has 0 saturated carbocycles. The molecule has 0 aliphatic carbocycles. The summed E-state index contributed by atoms with van der Waals surface area (Å²) in [5.74, 6) is -0.495. The molecule has 1 aromatic carbocycles. The number of benzene rings is 1. The van der Waals surface area contributed by atoms with Crippen LogP contribution in [0.1, 0.15) is 17.2 Å². The Balaban J connectivity index is 2.19. The van der Waals surface area contributed by atoms with E-state index in [0.717, 1.165) is 0 Å². The summed E-state index contributed by atoms with van der Waals surface area (Å²) < 4.78 is 13.6. The number of aliphatic hydroxyl groups is 1. The number of aliphatic hydroxyl groups excluding tert-OH is 1. The lowest BCUT2D eigenvalue weighted by atomic mass is 10.0. The molecule has 0 fully saturated rings. The van der Waals surface area contributed by atoms with Crippen LogP contribution in [0, 0.1) is 5.82 Å². The first-order valence-electron chi connectivity index (χ1n) is 5.04. The van der Waals surface area contributed by atoms with E-state index in [4.69, 9.17) is 11.6 Å². The van der Waals surface area contributed by atoms with Crippen molar-refractivity contribution in [3.05, 3.63) is 58.9 Å². The van der Waals surface area contributed by atoms with Crippen molar-refractivity contribution in [3.63, 3.8) is 0 Å². The second-order valence-corrected chi connectivity index (χ2v) is 4.01. The molecule has 1 atom stereocenters. The molecule has 0 aliphatic heterocycles. The van der Waals surface area contributed by atoms with Crippen LogP contribution in [0.25, 0.3) is 0 Å². The smallest absolute Gasteiger partial charge is 0.145 e. The van der Waals surface area contributed by atoms with Crippen molar-refractivity contribution in [1.29, 1.82) is 0 Å². The number of nitrogens with zero attached hydrogens (tertiary/aromatic N) is 2. The Morgan fingerprint density at radius 1 is 1.29 bits per heavy atom. The fraction of sp³-hybridized carbons (Fsp3) is 0.167.